The molecule has 30 heavy (non-hydrogen) atoms. The van der Waals surface area contributed by atoms with Gasteiger partial charge in [0.2, 0.25) is 11.8 Å². The van der Waals surface area contributed by atoms with Crippen molar-refractivity contribution in [2.75, 3.05) is 33.2 Å². The topological polar surface area (TPSA) is 90.8 Å². The number of H-pyrrole nitrogens is 1. The third-order valence-electron chi connectivity index (χ3n) is 4.74. The van der Waals surface area contributed by atoms with Crippen LogP contribution in [0.2, 0.25) is 5.02 Å². The highest BCUT2D eigenvalue weighted by atomic mass is 35.5. The summed E-state index contributed by atoms with van der Waals surface area (Å²) in [5, 5.41) is 11.5. The van der Waals surface area contributed by atoms with Crippen molar-refractivity contribution in [3.05, 3.63) is 52.7 Å². The van der Waals surface area contributed by atoms with E-state index in [1.165, 1.54) is 13.2 Å². The summed E-state index contributed by atoms with van der Waals surface area (Å²) in [4.78, 5) is 26.2. The van der Waals surface area contributed by atoms with Crippen molar-refractivity contribution >= 4 is 40.0 Å². The number of ether oxygens (including phenoxy) is 1. The minimum absolute atomic E-state index is 0.168. The number of aromatic nitrogens is 2. The average Bonchev–Trinajstić information content (AvgIpc) is 3.04. The summed E-state index contributed by atoms with van der Waals surface area (Å²) in [6, 6.07) is 7.28. The molecule has 0 fully saturated rings. The van der Waals surface area contributed by atoms with E-state index < -0.39 is 0 Å². The monoisotopic (exact) mass is 426 g/mol. The molecule has 0 unspecified atom stereocenters. The third-order valence-corrected chi connectivity index (χ3v) is 5.05. The molecule has 0 aliphatic rings. The first-order valence-corrected chi connectivity index (χ1v) is 9.56. The molecule has 0 amide bonds. The van der Waals surface area contributed by atoms with Gasteiger partial charge in [-0.3, -0.25) is 9.79 Å². The lowest BCUT2D eigenvalue weighted by atomic mass is 9.99. The Balaban J connectivity index is 2.12. The van der Waals surface area contributed by atoms with Crippen molar-refractivity contribution in [2.45, 2.75) is 6.92 Å². The van der Waals surface area contributed by atoms with Crippen molar-refractivity contribution < 1.29 is 14.6 Å². The lowest BCUT2D eigenvalue weighted by Gasteiger charge is -2.12. The van der Waals surface area contributed by atoms with Gasteiger partial charge in [-0.1, -0.05) is 11.6 Å². The fourth-order valence-electron chi connectivity index (χ4n) is 3.12. The number of hydrogen-bond acceptors (Lipinski definition) is 6. The Morgan fingerprint density at radius 3 is 2.63 bits per heavy atom. The smallest absolute Gasteiger partial charge is 0.208 e. The molecule has 2 aromatic heterocycles. The van der Waals surface area contributed by atoms with Gasteiger partial charge in [-0.25, -0.2) is 4.98 Å². The molecular formula is C22H23ClN4O3. The molecule has 7 nitrogen and oxygen atoms in total. The molecule has 0 atom stereocenters. The van der Waals surface area contributed by atoms with Gasteiger partial charge in [0, 0.05) is 55.5 Å². The number of allylic oxidation sites excluding steroid dienone is 1. The molecule has 3 aromatic rings. The molecule has 0 aliphatic carbocycles. The van der Waals surface area contributed by atoms with Crippen LogP contribution in [0, 0.1) is 0 Å². The number of hydrogen-bond donors (Lipinski definition) is 2. The summed E-state index contributed by atoms with van der Waals surface area (Å²) in [5.74, 6) is 0.574. The zero-order chi connectivity index (χ0) is 22.0. The molecule has 1 aromatic carbocycles. The van der Waals surface area contributed by atoms with Gasteiger partial charge < -0.3 is 19.7 Å². The summed E-state index contributed by atoms with van der Waals surface area (Å²) in [7, 11) is 6.87. The van der Waals surface area contributed by atoms with Crippen LogP contribution in [-0.2, 0) is 4.74 Å². The Hall–Kier alpha value is -3.32. The van der Waals surface area contributed by atoms with Gasteiger partial charge in [-0.15, -0.1) is 0 Å². The molecule has 3 rings (SSSR count). The van der Waals surface area contributed by atoms with Crippen molar-refractivity contribution in [3.8, 4) is 17.0 Å². The van der Waals surface area contributed by atoms with E-state index >= 15 is 0 Å². The number of aromatic hydroxyl groups is 1. The van der Waals surface area contributed by atoms with E-state index in [0.717, 1.165) is 11.4 Å². The number of pyridine rings is 1. The Kier molecular flexibility index (Phi) is 6.12. The molecule has 2 heterocycles. The summed E-state index contributed by atoms with van der Waals surface area (Å²) in [6.07, 6.45) is 3.26. The van der Waals surface area contributed by atoms with E-state index in [9.17, 15) is 9.90 Å². The van der Waals surface area contributed by atoms with Crippen molar-refractivity contribution in [1.29, 1.82) is 0 Å². The molecule has 0 radical (unpaired) electrons. The molecule has 0 bridgehead atoms. The second-order valence-corrected chi connectivity index (χ2v) is 7.36. The highest BCUT2D eigenvalue weighted by Crippen LogP contribution is 2.37. The first kappa shape index (κ1) is 21.4. The number of fused-ring (bicyclic) bond motifs is 1. The van der Waals surface area contributed by atoms with Crippen LogP contribution in [0.5, 0.6) is 5.88 Å². The molecule has 0 aliphatic heterocycles. The van der Waals surface area contributed by atoms with Crippen LogP contribution in [0.1, 0.15) is 17.3 Å². The zero-order valence-corrected chi connectivity index (χ0v) is 18.2. The van der Waals surface area contributed by atoms with Crippen molar-refractivity contribution in [3.63, 3.8) is 0 Å². The number of Topliss-reactive ketones (excluding diaryl/α,β-unsaturated/α-hetero) is 1. The normalized spacial score (nSPS) is 12.3. The molecule has 156 valence electrons. The fraction of sp³-hybridized carbons (Fsp3) is 0.227. The maximum atomic E-state index is 13.1. The number of nitrogens with zero attached hydrogens (tertiary/aromatic N) is 3. The number of carbonyl (C=O) groups is 1. The number of ketones is 1. The van der Waals surface area contributed by atoms with E-state index in [0.29, 0.717) is 33.0 Å². The van der Waals surface area contributed by atoms with Crippen LogP contribution in [-0.4, -0.2) is 55.0 Å². The standard InChI is InChI=1S/C22H23ClN4O3/c1-12(8-19(24-2)30-5)21(28)20-15-9-14(16(23)10-17(15)26-22(20)29)13-6-7-18(25-11-13)27(3)4/h6-11,26,29H,1-5H3. The number of methoxy groups -OCH3 is 1. The van der Waals surface area contributed by atoms with E-state index in [4.69, 9.17) is 16.3 Å². The molecule has 2 N–H and O–H groups in total. The minimum Gasteiger partial charge on any atom is -0.494 e. The van der Waals surface area contributed by atoms with Gasteiger partial charge in [0.25, 0.3) is 0 Å². The van der Waals surface area contributed by atoms with Gasteiger partial charge >= 0.3 is 0 Å². The lowest BCUT2D eigenvalue weighted by Crippen LogP contribution is -2.10. The Morgan fingerprint density at radius 1 is 1.33 bits per heavy atom. The number of aromatic amines is 1. The number of rotatable bonds is 5. The SMILES string of the molecule is CN=C(C=C(C)C(=O)c1c(O)[nH]c2cc(Cl)c(-c3ccc(N(C)C)nc3)cc12)OC. The van der Waals surface area contributed by atoms with Crippen LogP contribution in [0.3, 0.4) is 0 Å². The maximum absolute atomic E-state index is 13.1. The van der Waals surface area contributed by atoms with E-state index in [2.05, 4.69) is 15.0 Å². The predicted octanol–water partition coefficient (Wildman–Crippen LogP) is 4.46. The van der Waals surface area contributed by atoms with Crippen molar-refractivity contribution in [1.82, 2.24) is 9.97 Å². The number of aliphatic imine (C=N–C) groups is 1. The van der Waals surface area contributed by atoms with Crippen LogP contribution < -0.4 is 4.90 Å². The minimum atomic E-state index is -0.341. The number of benzene rings is 1. The van der Waals surface area contributed by atoms with E-state index in [1.807, 2.05) is 31.1 Å². The molecule has 0 saturated heterocycles. The largest absolute Gasteiger partial charge is 0.494 e. The van der Waals surface area contributed by atoms with Crippen LogP contribution in [0.4, 0.5) is 5.82 Å². The van der Waals surface area contributed by atoms with Crippen molar-refractivity contribution in [2.24, 2.45) is 4.99 Å². The highest BCUT2D eigenvalue weighted by molar-refractivity contribution is 6.34. The molecule has 0 spiro atoms. The highest BCUT2D eigenvalue weighted by Gasteiger charge is 2.22. The van der Waals surface area contributed by atoms with Gasteiger partial charge in [-0.2, -0.15) is 0 Å². The second kappa shape index (κ2) is 8.59. The maximum Gasteiger partial charge on any atom is 0.208 e. The number of halogens is 1. The van der Waals surface area contributed by atoms with Crippen LogP contribution in [0.15, 0.2) is 47.1 Å². The second-order valence-electron chi connectivity index (χ2n) is 6.95. The van der Waals surface area contributed by atoms with E-state index in [-0.39, 0.29) is 17.2 Å². The van der Waals surface area contributed by atoms with Gasteiger partial charge in [0.05, 0.1) is 23.2 Å². The van der Waals surface area contributed by atoms with Gasteiger partial charge in [0.15, 0.2) is 5.78 Å². The average molecular weight is 427 g/mol. The first-order valence-electron chi connectivity index (χ1n) is 9.18. The molecular weight excluding hydrogens is 404 g/mol. The first-order chi connectivity index (χ1) is 14.3. The fourth-order valence-corrected chi connectivity index (χ4v) is 3.40. The summed E-state index contributed by atoms with van der Waals surface area (Å²) in [5.41, 5.74) is 2.62. The third kappa shape index (κ3) is 4.02. The Morgan fingerprint density at radius 2 is 2.07 bits per heavy atom. The quantitative estimate of drug-likeness (QED) is 0.272. The Labute approximate surface area is 179 Å². The molecule has 0 saturated carbocycles. The van der Waals surface area contributed by atoms with Gasteiger partial charge in [0.1, 0.15) is 5.82 Å². The summed E-state index contributed by atoms with van der Waals surface area (Å²) < 4.78 is 5.10. The number of nitrogens with one attached hydrogen (secondary N) is 1. The molecule has 8 heteroatoms. The summed E-state index contributed by atoms with van der Waals surface area (Å²) >= 11 is 6.48. The predicted molar refractivity (Wildman–Crippen MR) is 121 cm³/mol. The Bertz CT molecular complexity index is 1160. The van der Waals surface area contributed by atoms with E-state index in [1.54, 1.807) is 32.3 Å². The number of carbonyl (C=O) groups excluding carboxylic acids is 1. The van der Waals surface area contributed by atoms with Crippen LogP contribution in [0.25, 0.3) is 22.0 Å². The van der Waals surface area contributed by atoms with Crippen LogP contribution >= 0.6 is 11.6 Å². The lowest BCUT2D eigenvalue weighted by molar-refractivity contribution is 0.103. The summed E-state index contributed by atoms with van der Waals surface area (Å²) in [6.45, 7) is 1.64. The number of anilines is 1. The zero-order valence-electron chi connectivity index (χ0n) is 17.4. The van der Waals surface area contributed by atoms with Gasteiger partial charge in [-0.05, 0) is 31.2 Å².